The monoisotopic (exact) mass is 447 g/mol. The largest absolute Gasteiger partial charge is 0.465 e. The number of hydrogen-bond acceptors (Lipinski definition) is 4. The molecule has 0 aliphatic heterocycles. The van der Waals surface area contributed by atoms with E-state index in [4.69, 9.17) is 9.47 Å². The van der Waals surface area contributed by atoms with Crippen LogP contribution in [0.1, 0.15) is 42.3 Å². The average molecular weight is 448 g/mol. The lowest BCUT2D eigenvalue weighted by Gasteiger charge is -2.28. The molecule has 0 saturated heterocycles. The van der Waals surface area contributed by atoms with Crippen molar-refractivity contribution in [1.29, 1.82) is 0 Å². The predicted octanol–water partition coefficient (Wildman–Crippen LogP) is 5.22. The van der Waals surface area contributed by atoms with E-state index in [-0.39, 0.29) is 6.54 Å². The van der Waals surface area contributed by atoms with Gasteiger partial charge in [-0.25, -0.2) is 9.59 Å². The van der Waals surface area contributed by atoms with Crippen LogP contribution in [-0.2, 0) is 22.4 Å². The van der Waals surface area contributed by atoms with E-state index in [2.05, 4.69) is 15.9 Å². The molecule has 0 saturated carbocycles. The molecule has 0 unspecified atom stereocenters. The number of benzene rings is 2. The fourth-order valence-electron chi connectivity index (χ4n) is 2.68. The Hall–Kier alpha value is -2.34. The third-order valence-corrected chi connectivity index (χ3v) is 4.78. The number of rotatable bonds is 6. The Bertz CT molecular complexity index is 815. The average Bonchev–Trinajstić information content (AvgIpc) is 2.64. The van der Waals surface area contributed by atoms with E-state index >= 15 is 0 Å². The Labute approximate surface area is 174 Å². The van der Waals surface area contributed by atoms with Gasteiger partial charge in [0.2, 0.25) is 0 Å². The topological polar surface area (TPSA) is 55.8 Å². The zero-order valence-electron chi connectivity index (χ0n) is 16.7. The summed E-state index contributed by atoms with van der Waals surface area (Å²) in [7, 11) is 1.34. The maximum atomic E-state index is 12.8. The van der Waals surface area contributed by atoms with Crippen molar-refractivity contribution in [3.05, 3.63) is 69.7 Å². The lowest BCUT2D eigenvalue weighted by Crippen LogP contribution is -2.38. The van der Waals surface area contributed by atoms with Crippen molar-refractivity contribution in [3.63, 3.8) is 0 Å². The summed E-state index contributed by atoms with van der Waals surface area (Å²) in [6.45, 7) is 6.18. The van der Waals surface area contributed by atoms with E-state index in [0.717, 1.165) is 10.0 Å². The minimum absolute atomic E-state index is 0.230. The number of halogens is 1. The normalized spacial score (nSPS) is 11.0. The molecule has 6 heteroatoms. The summed E-state index contributed by atoms with van der Waals surface area (Å²) in [4.78, 5) is 26.6. The van der Waals surface area contributed by atoms with Crippen LogP contribution in [0, 0.1) is 0 Å². The number of ether oxygens (including phenoxy) is 2. The summed E-state index contributed by atoms with van der Waals surface area (Å²) in [5.74, 6) is -0.441. The summed E-state index contributed by atoms with van der Waals surface area (Å²) in [6.07, 6.45) is 0.257. The standard InChI is InChI=1S/C22H26BrNO4/c1-22(2,3)28-21(26)24(14-13-16-9-6-5-7-10-16)15-18-17(20(25)27-4)11-8-12-19(18)23/h5-12H,13-15H2,1-4H3. The Kier molecular flexibility index (Phi) is 7.63. The van der Waals surface area contributed by atoms with E-state index in [1.165, 1.54) is 7.11 Å². The van der Waals surface area contributed by atoms with Gasteiger partial charge in [-0.2, -0.15) is 0 Å². The first-order valence-corrected chi connectivity index (χ1v) is 9.88. The van der Waals surface area contributed by atoms with Gasteiger partial charge in [0.1, 0.15) is 5.60 Å². The Balaban J connectivity index is 2.29. The van der Waals surface area contributed by atoms with Gasteiger partial charge < -0.3 is 14.4 Å². The van der Waals surface area contributed by atoms with Crippen molar-refractivity contribution in [2.45, 2.75) is 39.3 Å². The molecule has 0 heterocycles. The molecule has 2 aromatic rings. The zero-order chi connectivity index (χ0) is 20.7. The molecule has 0 radical (unpaired) electrons. The molecule has 150 valence electrons. The minimum Gasteiger partial charge on any atom is -0.465 e. The second kappa shape index (κ2) is 9.73. The van der Waals surface area contributed by atoms with Crippen molar-refractivity contribution < 1.29 is 19.1 Å². The van der Waals surface area contributed by atoms with E-state index in [0.29, 0.717) is 24.1 Å². The Morgan fingerprint density at radius 1 is 1.04 bits per heavy atom. The van der Waals surface area contributed by atoms with Crippen molar-refractivity contribution >= 4 is 28.0 Å². The molecule has 0 fully saturated rings. The number of esters is 1. The highest BCUT2D eigenvalue weighted by molar-refractivity contribution is 9.10. The van der Waals surface area contributed by atoms with Crippen LogP contribution < -0.4 is 0 Å². The summed E-state index contributed by atoms with van der Waals surface area (Å²) in [5, 5.41) is 0. The molecule has 1 amide bonds. The van der Waals surface area contributed by atoms with Gasteiger partial charge in [-0.3, -0.25) is 0 Å². The van der Waals surface area contributed by atoms with E-state index < -0.39 is 17.7 Å². The van der Waals surface area contributed by atoms with E-state index in [1.807, 2.05) is 57.2 Å². The van der Waals surface area contributed by atoms with Gasteiger partial charge in [0.15, 0.2) is 0 Å². The second-order valence-corrected chi connectivity index (χ2v) is 8.25. The number of nitrogens with zero attached hydrogens (tertiary/aromatic N) is 1. The molecule has 0 aliphatic rings. The van der Waals surface area contributed by atoms with Gasteiger partial charge in [-0.05, 0) is 44.9 Å². The maximum Gasteiger partial charge on any atom is 0.410 e. The van der Waals surface area contributed by atoms with Crippen LogP contribution >= 0.6 is 15.9 Å². The number of carbonyl (C=O) groups is 2. The predicted molar refractivity (Wildman–Crippen MR) is 112 cm³/mol. The van der Waals surface area contributed by atoms with Crippen LogP contribution in [-0.4, -0.2) is 36.2 Å². The van der Waals surface area contributed by atoms with Crippen LogP contribution in [0.4, 0.5) is 4.79 Å². The first-order chi connectivity index (χ1) is 13.2. The highest BCUT2D eigenvalue weighted by Crippen LogP contribution is 2.24. The number of amides is 1. The number of hydrogen-bond donors (Lipinski definition) is 0. The molecule has 0 bridgehead atoms. The molecule has 0 spiro atoms. The number of methoxy groups -OCH3 is 1. The van der Waals surface area contributed by atoms with Crippen LogP contribution in [0.25, 0.3) is 0 Å². The van der Waals surface area contributed by atoms with Crippen LogP contribution in [0.2, 0.25) is 0 Å². The molecular formula is C22H26BrNO4. The van der Waals surface area contributed by atoms with Gasteiger partial charge in [0.25, 0.3) is 0 Å². The minimum atomic E-state index is -0.610. The van der Waals surface area contributed by atoms with Crippen molar-refractivity contribution in [1.82, 2.24) is 4.90 Å². The van der Waals surface area contributed by atoms with Gasteiger partial charge in [-0.1, -0.05) is 52.3 Å². The number of carbonyl (C=O) groups excluding carboxylic acids is 2. The third kappa shape index (κ3) is 6.37. The summed E-state index contributed by atoms with van der Waals surface area (Å²) in [5.41, 5.74) is 1.62. The van der Waals surface area contributed by atoms with Crippen LogP contribution in [0.5, 0.6) is 0 Å². The summed E-state index contributed by atoms with van der Waals surface area (Å²) >= 11 is 3.49. The molecular weight excluding hydrogens is 422 g/mol. The fraction of sp³-hybridized carbons (Fsp3) is 0.364. The van der Waals surface area contributed by atoms with E-state index in [1.54, 1.807) is 17.0 Å². The fourth-order valence-corrected chi connectivity index (χ4v) is 3.17. The SMILES string of the molecule is COC(=O)c1cccc(Br)c1CN(CCc1ccccc1)C(=O)OC(C)(C)C. The maximum absolute atomic E-state index is 12.8. The van der Waals surface area contributed by atoms with Gasteiger partial charge in [0.05, 0.1) is 19.2 Å². The first kappa shape index (κ1) is 22.0. The molecule has 2 rings (SSSR count). The quantitative estimate of drug-likeness (QED) is 0.569. The summed E-state index contributed by atoms with van der Waals surface area (Å²) < 4.78 is 11.2. The highest BCUT2D eigenvalue weighted by Gasteiger charge is 2.25. The van der Waals surface area contributed by atoms with Gasteiger partial charge in [0, 0.05) is 16.6 Å². The lowest BCUT2D eigenvalue weighted by molar-refractivity contribution is 0.0233. The highest BCUT2D eigenvalue weighted by atomic mass is 79.9. The molecule has 2 aromatic carbocycles. The van der Waals surface area contributed by atoms with Gasteiger partial charge >= 0.3 is 12.1 Å². The molecule has 5 nitrogen and oxygen atoms in total. The van der Waals surface area contributed by atoms with Crippen LogP contribution in [0.15, 0.2) is 53.0 Å². The smallest absolute Gasteiger partial charge is 0.410 e. The van der Waals surface area contributed by atoms with Crippen molar-refractivity contribution in [2.24, 2.45) is 0 Å². The third-order valence-electron chi connectivity index (χ3n) is 4.04. The molecule has 0 atom stereocenters. The Morgan fingerprint density at radius 2 is 1.71 bits per heavy atom. The van der Waals surface area contributed by atoms with Crippen LogP contribution in [0.3, 0.4) is 0 Å². The molecule has 0 aliphatic carbocycles. The molecule has 28 heavy (non-hydrogen) atoms. The second-order valence-electron chi connectivity index (χ2n) is 7.40. The van der Waals surface area contributed by atoms with Gasteiger partial charge in [-0.15, -0.1) is 0 Å². The zero-order valence-corrected chi connectivity index (χ0v) is 18.3. The molecule has 0 aromatic heterocycles. The first-order valence-electron chi connectivity index (χ1n) is 9.09. The van der Waals surface area contributed by atoms with Crippen molar-refractivity contribution in [3.8, 4) is 0 Å². The van der Waals surface area contributed by atoms with Crippen molar-refractivity contribution in [2.75, 3.05) is 13.7 Å². The lowest BCUT2D eigenvalue weighted by atomic mass is 10.1. The van der Waals surface area contributed by atoms with E-state index in [9.17, 15) is 9.59 Å². The molecule has 0 N–H and O–H groups in total. The Morgan fingerprint density at radius 3 is 2.32 bits per heavy atom. The summed E-state index contributed by atoms with van der Waals surface area (Å²) in [6, 6.07) is 15.2.